The van der Waals surface area contributed by atoms with Crippen LogP contribution in [0.25, 0.3) is 0 Å². The van der Waals surface area contributed by atoms with Crippen molar-refractivity contribution in [1.82, 2.24) is 4.90 Å². The van der Waals surface area contributed by atoms with Gasteiger partial charge in [0.15, 0.2) is 0 Å². The summed E-state index contributed by atoms with van der Waals surface area (Å²) in [5, 5.41) is 18.0. The molecule has 17 heavy (non-hydrogen) atoms. The maximum atomic E-state index is 12.1. The highest BCUT2D eigenvalue weighted by molar-refractivity contribution is 6.33. The summed E-state index contributed by atoms with van der Waals surface area (Å²) in [6.45, 7) is -0.0604. The Morgan fingerprint density at radius 3 is 2.41 bits per heavy atom. The normalized spacial score (nSPS) is 10.3. The molecule has 0 aliphatic heterocycles. The van der Waals surface area contributed by atoms with Crippen LogP contribution in [0.15, 0.2) is 18.2 Å². The number of anilines is 1. The monoisotopic (exact) mass is 258 g/mol. The van der Waals surface area contributed by atoms with E-state index < -0.39 is 0 Å². The lowest BCUT2D eigenvalue weighted by atomic mass is 10.1. The van der Waals surface area contributed by atoms with Crippen LogP contribution in [0.3, 0.4) is 0 Å². The molecule has 4 N–H and O–H groups in total. The number of carbonyl (C=O) groups excluding carboxylic acids is 1. The van der Waals surface area contributed by atoms with E-state index >= 15 is 0 Å². The largest absolute Gasteiger partial charge is 0.397 e. The zero-order valence-electron chi connectivity index (χ0n) is 9.27. The molecule has 0 aliphatic carbocycles. The molecule has 0 saturated heterocycles. The molecule has 1 rings (SSSR count). The molecule has 0 aromatic heterocycles. The summed E-state index contributed by atoms with van der Waals surface area (Å²) in [4.78, 5) is 13.4. The van der Waals surface area contributed by atoms with Crippen LogP contribution >= 0.6 is 11.6 Å². The maximum Gasteiger partial charge on any atom is 0.256 e. The zero-order valence-corrected chi connectivity index (χ0v) is 10.0. The van der Waals surface area contributed by atoms with Crippen molar-refractivity contribution in [3.05, 3.63) is 28.8 Å². The topological polar surface area (TPSA) is 86.8 Å². The highest BCUT2D eigenvalue weighted by Gasteiger charge is 2.18. The third-order valence-electron chi connectivity index (χ3n) is 2.31. The lowest BCUT2D eigenvalue weighted by Gasteiger charge is -2.21. The fourth-order valence-corrected chi connectivity index (χ4v) is 1.62. The van der Waals surface area contributed by atoms with Gasteiger partial charge in [0.05, 0.1) is 29.5 Å². The first-order valence-corrected chi connectivity index (χ1v) is 5.54. The molecule has 6 heteroatoms. The van der Waals surface area contributed by atoms with Gasteiger partial charge >= 0.3 is 0 Å². The number of benzene rings is 1. The van der Waals surface area contributed by atoms with Crippen molar-refractivity contribution >= 4 is 23.2 Å². The Bertz CT molecular complexity index is 392. The second kappa shape index (κ2) is 6.44. The van der Waals surface area contributed by atoms with Crippen LogP contribution in [-0.2, 0) is 0 Å². The number of nitrogens with zero attached hydrogens (tertiary/aromatic N) is 1. The van der Waals surface area contributed by atoms with Crippen molar-refractivity contribution in [3.63, 3.8) is 0 Å². The Morgan fingerprint density at radius 1 is 1.29 bits per heavy atom. The van der Waals surface area contributed by atoms with E-state index in [2.05, 4.69) is 0 Å². The first-order valence-electron chi connectivity index (χ1n) is 5.16. The lowest BCUT2D eigenvalue weighted by Crippen LogP contribution is -2.36. The molecular formula is C11H15ClN2O3. The van der Waals surface area contributed by atoms with Gasteiger partial charge in [-0.3, -0.25) is 4.79 Å². The summed E-state index contributed by atoms with van der Waals surface area (Å²) < 4.78 is 0. The van der Waals surface area contributed by atoms with Gasteiger partial charge < -0.3 is 20.8 Å². The van der Waals surface area contributed by atoms with Gasteiger partial charge in [-0.2, -0.15) is 0 Å². The number of halogens is 1. The molecular weight excluding hydrogens is 244 g/mol. The van der Waals surface area contributed by atoms with Crippen LogP contribution < -0.4 is 5.73 Å². The number of hydrogen-bond acceptors (Lipinski definition) is 4. The van der Waals surface area contributed by atoms with E-state index in [-0.39, 0.29) is 43.5 Å². The molecule has 0 spiro atoms. The van der Waals surface area contributed by atoms with E-state index in [1.165, 1.54) is 4.90 Å². The van der Waals surface area contributed by atoms with Crippen molar-refractivity contribution in [2.24, 2.45) is 0 Å². The Morgan fingerprint density at radius 2 is 1.88 bits per heavy atom. The predicted molar refractivity (Wildman–Crippen MR) is 65.9 cm³/mol. The second-order valence-corrected chi connectivity index (χ2v) is 3.85. The molecule has 1 aromatic carbocycles. The molecule has 0 heterocycles. The van der Waals surface area contributed by atoms with E-state index in [0.717, 1.165) is 0 Å². The van der Waals surface area contributed by atoms with Crippen LogP contribution in [-0.4, -0.2) is 47.3 Å². The summed E-state index contributed by atoms with van der Waals surface area (Å²) in [5.74, 6) is -0.354. The van der Waals surface area contributed by atoms with E-state index in [4.69, 9.17) is 27.5 Å². The number of aliphatic hydroxyl groups is 2. The van der Waals surface area contributed by atoms with E-state index in [1.54, 1.807) is 18.2 Å². The minimum absolute atomic E-state index is 0.144. The number of hydrogen-bond donors (Lipinski definition) is 3. The number of rotatable bonds is 5. The SMILES string of the molecule is Nc1c(Cl)cccc1C(=O)N(CCO)CCO. The molecule has 0 bridgehead atoms. The molecule has 0 atom stereocenters. The van der Waals surface area contributed by atoms with Crippen LogP contribution in [0.1, 0.15) is 10.4 Å². The smallest absolute Gasteiger partial charge is 0.256 e. The number of aliphatic hydroxyl groups excluding tert-OH is 2. The van der Waals surface area contributed by atoms with Crippen LogP contribution in [0, 0.1) is 0 Å². The molecule has 0 aliphatic rings. The van der Waals surface area contributed by atoms with Gasteiger partial charge in [0, 0.05) is 13.1 Å². The van der Waals surface area contributed by atoms with Crippen molar-refractivity contribution in [1.29, 1.82) is 0 Å². The van der Waals surface area contributed by atoms with Gasteiger partial charge in [-0.1, -0.05) is 17.7 Å². The Labute approximate surface area is 104 Å². The van der Waals surface area contributed by atoms with E-state index in [0.29, 0.717) is 5.02 Å². The predicted octanol–water partition coefficient (Wildman–Crippen LogP) is 0.349. The molecule has 0 saturated carbocycles. The minimum atomic E-state index is -0.354. The minimum Gasteiger partial charge on any atom is -0.397 e. The number of para-hydroxylation sites is 1. The van der Waals surface area contributed by atoms with Crippen molar-refractivity contribution < 1.29 is 15.0 Å². The van der Waals surface area contributed by atoms with E-state index in [9.17, 15) is 4.79 Å². The fraction of sp³-hybridized carbons (Fsp3) is 0.364. The van der Waals surface area contributed by atoms with Crippen LogP contribution in [0.5, 0.6) is 0 Å². The zero-order chi connectivity index (χ0) is 12.8. The van der Waals surface area contributed by atoms with E-state index in [1.807, 2.05) is 0 Å². The fourth-order valence-electron chi connectivity index (χ4n) is 1.45. The molecule has 1 amide bonds. The Kier molecular flexibility index (Phi) is 5.21. The first-order chi connectivity index (χ1) is 8.11. The van der Waals surface area contributed by atoms with Gasteiger partial charge in [0.2, 0.25) is 0 Å². The van der Waals surface area contributed by atoms with Crippen molar-refractivity contribution in [3.8, 4) is 0 Å². The summed E-state index contributed by atoms with van der Waals surface area (Å²) >= 11 is 5.82. The third kappa shape index (κ3) is 3.33. The highest BCUT2D eigenvalue weighted by atomic mass is 35.5. The van der Waals surface area contributed by atoms with Gasteiger partial charge in [-0.05, 0) is 12.1 Å². The number of carbonyl (C=O) groups is 1. The van der Waals surface area contributed by atoms with Gasteiger partial charge in [0.1, 0.15) is 0 Å². The third-order valence-corrected chi connectivity index (χ3v) is 2.64. The highest BCUT2D eigenvalue weighted by Crippen LogP contribution is 2.23. The first kappa shape index (κ1) is 13.8. The van der Waals surface area contributed by atoms with Crippen molar-refractivity contribution in [2.45, 2.75) is 0 Å². The van der Waals surface area contributed by atoms with Crippen LogP contribution in [0.4, 0.5) is 5.69 Å². The van der Waals surface area contributed by atoms with Gasteiger partial charge in [-0.25, -0.2) is 0 Å². The number of amides is 1. The molecule has 5 nitrogen and oxygen atoms in total. The molecule has 94 valence electrons. The molecule has 0 unspecified atom stereocenters. The summed E-state index contributed by atoms with van der Waals surface area (Å²) in [5.41, 5.74) is 6.19. The summed E-state index contributed by atoms with van der Waals surface area (Å²) in [6.07, 6.45) is 0. The molecule has 1 aromatic rings. The summed E-state index contributed by atoms with van der Waals surface area (Å²) in [6, 6.07) is 4.78. The average Bonchev–Trinajstić information content (AvgIpc) is 2.31. The lowest BCUT2D eigenvalue weighted by molar-refractivity contribution is 0.0686. The average molecular weight is 259 g/mol. The quantitative estimate of drug-likeness (QED) is 0.665. The molecule has 0 fully saturated rings. The van der Waals surface area contributed by atoms with Gasteiger partial charge in [0.25, 0.3) is 5.91 Å². The molecule has 0 radical (unpaired) electrons. The number of nitrogen functional groups attached to an aromatic ring is 1. The standard InChI is InChI=1S/C11H15ClN2O3/c12-9-3-1-2-8(10(9)13)11(17)14(4-6-15)5-7-16/h1-3,15-16H,4-7,13H2. The summed E-state index contributed by atoms with van der Waals surface area (Å²) in [7, 11) is 0. The number of nitrogens with two attached hydrogens (primary N) is 1. The van der Waals surface area contributed by atoms with Crippen LogP contribution in [0.2, 0.25) is 5.02 Å². The maximum absolute atomic E-state index is 12.1. The second-order valence-electron chi connectivity index (χ2n) is 3.44. The Hall–Kier alpha value is -1.30. The van der Waals surface area contributed by atoms with Crippen molar-refractivity contribution in [2.75, 3.05) is 32.0 Å². The Balaban J connectivity index is 2.96. The van der Waals surface area contributed by atoms with Gasteiger partial charge in [-0.15, -0.1) is 0 Å².